The summed E-state index contributed by atoms with van der Waals surface area (Å²) >= 11 is 0. The van der Waals surface area contributed by atoms with Crippen molar-refractivity contribution in [1.82, 2.24) is 25.5 Å². The van der Waals surface area contributed by atoms with E-state index in [1.807, 2.05) is 11.0 Å². The molecule has 0 spiro atoms. The Bertz CT molecular complexity index is 693. The first-order chi connectivity index (χ1) is 15.1. The summed E-state index contributed by atoms with van der Waals surface area (Å²) in [6, 6.07) is 2.30. The van der Waals surface area contributed by atoms with E-state index in [2.05, 4.69) is 51.3 Å². The standard InChI is InChI=1S/C23H39N7O/c1-4-24-22(28-20-8-6-19(7-9-20)18(2)3)25-13-10-21(31)29-14-16-30(17-15-29)23-26-11-5-12-27-23/h5,11-12,18-20H,4,6-10,13-17H2,1-3H3,(H2,24,25,28). The van der Waals surface area contributed by atoms with Crippen molar-refractivity contribution in [2.45, 2.75) is 58.9 Å². The molecule has 0 radical (unpaired) electrons. The highest BCUT2D eigenvalue weighted by molar-refractivity contribution is 5.81. The van der Waals surface area contributed by atoms with Crippen LogP contribution in [-0.2, 0) is 4.79 Å². The number of piperazine rings is 1. The average Bonchev–Trinajstić information content (AvgIpc) is 2.80. The molecule has 8 heteroatoms. The lowest BCUT2D eigenvalue weighted by Gasteiger charge is -2.34. The van der Waals surface area contributed by atoms with Gasteiger partial charge in [-0.1, -0.05) is 13.8 Å². The normalized spacial score (nSPS) is 22.5. The second-order valence-electron chi connectivity index (χ2n) is 8.93. The molecule has 1 aliphatic carbocycles. The molecule has 1 amide bonds. The van der Waals surface area contributed by atoms with Crippen LogP contribution in [0.4, 0.5) is 5.95 Å². The van der Waals surface area contributed by atoms with E-state index in [4.69, 9.17) is 0 Å². The highest BCUT2D eigenvalue weighted by Gasteiger charge is 2.24. The topological polar surface area (TPSA) is 85.8 Å². The first kappa shape index (κ1) is 23.3. The molecule has 0 bridgehead atoms. The van der Waals surface area contributed by atoms with Crippen molar-refractivity contribution in [2.75, 3.05) is 44.2 Å². The van der Waals surface area contributed by atoms with E-state index in [-0.39, 0.29) is 5.91 Å². The first-order valence-corrected chi connectivity index (χ1v) is 11.9. The van der Waals surface area contributed by atoms with Crippen LogP contribution in [0, 0.1) is 11.8 Å². The molecule has 0 unspecified atom stereocenters. The van der Waals surface area contributed by atoms with E-state index in [1.165, 1.54) is 25.7 Å². The molecule has 2 N–H and O–H groups in total. The quantitative estimate of drug-likeness (QED) is 0.511. The Labute approximate surface area is 186 Å². The summed E-state index contributed by atoms with van der Waals surface area (Å²) in [5.74, 6) is 3.38. The number of nitrogens with zero attached hydrogens (tertiary/aromatic N) is 5. The van der Waals surface area contributed by atoms with Gasteiger partial charge in [-0.25, -0.2) is 9.97 Å². The predicted octanol–water partition coefficient (Wildman–Crippen LogP) is 2.29. The maximum atomic E-state index is 12.6. The van der Waals surface area contributed by atoms with Crippen molar-refractivity contribution in [3.05, 3.63) is 18.5 Å². The van der Waals surface area contributed by atoms with Crippen molar-refractivity contribution in [1.29, 1.82) is 0 Å². The highest BCUT2D eigenvalue weighted by Crippen LogP contribution is 2.29. The van der Waals surface area contributed by atoms with Gasteiger partial charge in [-0.05, 0) is 50.5 Å². The molecular formula is C23H39N7O. The Morgan fingerprint density at radius 3 is 2.42 bits per heavy atom. The van der Waals surface area contributed by atoms with Crippen LogP contribution in [-0.4, -0.2) is 72.0 Å². The van der Waals surface area contributed by atoms with E-state index in [1.54, 1.807) is 12.4 Å². The van der Waals surface area contributed by atoms with Gasteiger partial charge in [-0.3, -0.25) is 9.79 Å². The third-order valence-corrected chi connectivity index (χ3v) is 6.46. The molecule has 2 heterocycles. The number of rotatable bonds is 7. The van der Waals surface area contributed by atoms with Crippen molar-refractivity contribution in [2.24, 2.45) is 16.8 Å². The molecule has 1 aliphatic heterocycles. The highest BCUT2D eigenvalue weighted by atomic mass is 16.2. The number of guanidine groups is 1. The van der Waals surface area contributed by atoms with Crippen LogP contribution < -0.4 is 15.5 Å². The minimum Gasteiger partial charge on any atom is -0.357 e. The molecule has 0 aromatic carbocycles. The summed E-state index contributed by atoms with van der Waals surface area (Å²) < 4.78 is 0. The number of aromatic nitrogens is 2. The number of amides is 1. The van der Waals surface area contributed by atoms with Gasteiger partial charge in [0.05, 0.1) is 6.54 Å². The molecule has 1 saturated heterocycles. The number of nitrogens with one attached hydrogen (secondary N) is 2. The van der Waals surface area contributed by atoms with Crippen molar-refractivity contribution < 1.29 is 4.79 Å². The second-order valence-corrected chi connectivity index (χ2v) is 8.93. The van der Waals surface area contributed by atoms with E-state index in [0.29, 0.717) is 32.1 Å². The van der Waals surface area contributed by atoms with Crippen molar-refractivity contribution in [3.8, 4) is 0 Å². The lowest BCUT2D eigenvalue weighted by Crippen LogP contribution is -2.49. The van der Waals surface area contributed by atoms with Gasteiger partial charge in [0, 0.05) is 57.6 Å². The van der Waals surface area contributed by atoms with Gasteiger partial charge in [0.25, 0.3) is 0 Å². The Morgan fingerprint density at radius 1 is 1.13 bits per heavy atom. The molecule has 1 aromatic rings. The minimum absolute atomic E-state index is 0.172. The number of aliphatic imine (C=N–C) groups is 1. The Morgan fingerprint density at radius 2 is 1.81 bits per heavy atom. The van der Waals surface area contributed by atoms with Gasteiger partial charge < -0.3 is 20.4 Å². The fraction of sp³-hybridized carbons (Fsp3) is 0.739. The van der Waals surface area contributed by atoms with Gasteiger partial charge >= 0.3 is 0 Å². The maximum Gasteiger partial charge on any atom is 0.225 e. The fourth-order valence-electron chi connectivity index (χ4n) is 4.48. The molecule has 1 aromatic heterocycles. The predicted molar refractivity (Wildman–Crippen MR) is 125 cm³/mol. The second kappa shape index (κ2) is 11.9. The van der Waals surface area contributed by atoms with Crippen LogP contribution in [0.15, 0.2) is 23.5 Å². The minimum atomic E-state index is 0.172. The zero-order valence-corrected chi connectivity index (χ0v) is 19.4. The molecule has 3 rings (SSSR count). The molecule has 8 nitrogen and oxygen atoms in total. The molecule has 2 aliphatic rings. The lowest BCUT2D eigenvalue weighted by atomic mass is 9.80. The van der Waals surface area contributed by atoms with Crippen LogP contribution in [0.1, 0.15) is 52.9 Å². The molecule has 2 fully saturated rings. The summed E-state index contributed by atoms with van der Waals surface area (Å²) in [6.07, 6.45) is 8.91. The summed E-state index contributed by atoms with van der Waals surface area (Å²) in [4.78, 5) is 30.0. The van der Waals surface area contributed by atoms with Crippen LogP contribution in [0.25, 0.3) is 0 Å². The monoisotopic (exact) mass is 429 g/mol. The SMILES string of the molecule is CCNC(=NCCC(=O)N1CCN(c2ncccn2)CC1)NC1CCC(C(C)C)CC1. The zero-order valence-electron chi connectivity index (χ0n) is 19.4. The zero-order chi connectivity index (χ0) is 22.1. The number of hydrogen-bond donors (Lipinski definition) is 2. The Kier molecular flexibility index (Phi) is 8.91. The Balaban J connectivity index is 1.41. The maximum absolute atomic E-state index is 12.6. The van der Waals surface area contributed by atoms with E-state index >= 15 is 0 Å². The van der Waals surface area contributed by atoms with Crippen molar-refractivity contribution >= 4 is 17.8 Å². The van der Waals surface area contributed by atoms with Gasteiger partial charge in [-0.15, -0.1) is 0 Å². The van der Waals surface area contributed by atoms with Crippen LogP contribution in [0.5, 0.6) is 0 Å². The Hall–Kier alpha value is -2.38. The van der Waals surface area contributed by atoms with Gasteiger partial charge in [0.2, 0.25) is 11.9 Å². The van der Waals surface area contributed by atoms with Crippen LogP contribution in [0.2, 0.25) is 0 Å². The molecule has 31 heavy (non-hydrogen) atoms. The number of anilines is 1. The summed E-state index contributed by atoms with van der Waals surface area (Å²) in [7, 11) is 0. The van der Waals surface area contributed by atoms with Gasteiger partial charge in [-0.2, -0.15) is 0 Å². The molecule has 0 atom stereocenters. The van der Waals surface area contributed by atoms with E-state index < -0.39 is 0 Å². The van der Waals surface area contributed by atoms with Crippen LogP contribution >= 0.6 is 0 Å². The average molecular weight is 430 g/mol. The number of hydrogen-bond acceptors (Lipinski definition) is 5. The fourth-order valence-corrected chi connectivity index (χ4v) is 4.48. The third kappa shape index (κ3) is 7.08. The molecule has 1 saturated carbocycles. The molecule has 172 valence electrons. The smallest absolute Gasteiger partial charge is 0.225 e. The summed E-state index contributed by atoms with van der Waals surface area (Å²) in [6.45, 7) is 11.0. The first-order valence-electron chi connectivity index (χ1n) is 11.9. The molecular weight excluding hydrogens is 390 g/mol. The van der Waals surface area contributed by atoms with E-state index in [0.717, 1.165) is 43.4 Å². The summed E-state index contributed by atoms with van der Waals surface area (Å²) in [5, 5.41) is 6.92. The van der Waals surface area contributed by atoms with Gasteiger partial charge in [0.15, 0.2) is 5.96 Å². The number of carbonyl (C=O) groups excluding carboxylic acids is 1. The van der Waals surface area contributed by atoms with Gasteiger partial charge in [0.1, 0.15) is 0 Å². The third-order valence-electron chi connectivity index (χ3n) is 6.46. The van der Waals surface area contributed by atoms with E-state index in [9.17, 15) is 4.79 Å². The lowest BCUT2D eigenvalue weighted by molar-refractivity contribution is -0.131. The number of carbonyl (C=O) groups is 1. The van der Waals surface area contributed by atoms with Crippen LogP contribution in [0.3, 0.4) is 0 Å². The summed E-state index contributed by atoms with van der Waals surface area (Å²) in [5.41, 5.74) is 0. The van der Waals surface area contributed by atoms with Crippen molar-refractivity contribution in [3.63, 3.8) is 0 Å². The largest absolute Gasteiger partial charge is 0.357 e.